The Kier molecular flexibility index (Phi) is 1.84. The molecule has 1 unspecified atom stereocenters. The highest BCUT2D eigenvalue weighted by molar-refractivity contribution is 6.04. The van der Waals surface area contributed by atoms with E-state index in [1.807, 2.05) is 18.2 Å². The first-order valence-corrected chi connectivity index (χ1v) is 4.93. The van der Waals surface area contributed by atoms with Gasteiger partial charge in [-0.05, 0) is 24.3 Å². The van der Waals surface area contributed by atoms with E-state index in [2.05, 4.69) is 9.97 Å². The number of benzene rings is 1. The summed E-state index contributed by atoms with van der Waals surface area (Å²) in [5.74, 6) is -0.393. The molecule has 1 N–H and O–H groups in total. The zero-order chi connectivity index (χ0) is 11.1. The second kappa shape index (κ2) is 3.21. The van der Waals surface area contributed by atoms with Gasteiger partial charge in [-0.3, -0.25) is 4.79 Å². The molecule has 1 aliphatic carbocycles. The van der Waals surface area contributed by atoms with Crippen LogP contribution in [-0.2, 0) is 0 Å². The summed E-state index contributed by atoms with van der Waals surface area (Å²) in [7, 11) is 0. The highest BCUT2D eigenvalue weighted by atomic mass is 16.3. The van der Waals surface area contributed by atoms with E-state index in [-0.39, 0.29) is 5.69 Å². The minimum atomic E-state index is -1.09. The summed E-state index contributed by atoms with van der Waals surface area (Å²) in [6.07, 6.45) is 1.96. The summed E-state index contributed by atoms with van der Waals surface area (Å²) >= 11 is 0. The molecule has 0 saturated carbocycles. The van der Waals surface area contributed by atoms with Gasteiger partial charge in [0.15, 0.2) is 0 Å². The zero-order valence-electron chi connectivity index (χ0n) is 8.29. The molecule has 0 spiro atoms. The molecule has 78 valence electrons. The van der Waals surface area contributed by atoms with Crippen LogP contribution in [0.15, 0.2) is 30.3 Å². The molecule has 4 nitrogen and oxygen atoms in total. The molecule has 0 fully saturated rings. The zero-order valence-corrected chi connectivity index (χ0v) is 8.29. The number of Topliss-reactive ketones (excluding diaryl/α,β-unsaturated/α-hetero) is 1. The molecule has 4 heteroatoms. The number of hydrogen-bond acceptors (Lipinski definition) is 4. The molecule has 1 aromatic heterocycles. The lowest BCUT2D eigenvalue weighted by Crippen LogP contribution is -2.23. The fourth-order valence-electron chi connectivity index (χ4n) is 1.72. The lowest BCUT2D eigenvalue weighted by Gasteiger charge is -2.12. The van der Waals surface area contributed by atoms with Gasteiger partial charge in [0.1, 0.15) is 11.8 Å². The number of hydrogen-bond donors (Lipinski definition) is 1. The van der Waals surface area contributed by atoms with Gasteiger partial charge in [-0.15, -0.1) is 0 Å². The third-order valence-electron chi connectivity index (χ3n) is 2.54. The Bertz CT molecular complexity index is 619. The smallest absolute Gasteiger partial charge is 0.215 e. The van der Waals surface area contributed by atoms with Crippen molar-refractivity contribution < 1.29 is 9.90 Å². The van der Waals surface area contributed by atoms with E-state index in [9.17, 15) is 9.90 Å². The van der Waals surface area contributed by atoms with Gasteiger partial charge in [-0.25, -0.2) is 9.97 Å². The fourth-order valence-corrected chi connectivity index (χ4v) is 1.72. The van der Waals surface area contributed by atoms with Crippen molar-refractivity contribution in [2.75, 3.05) is 0 Å². The lowest BCUT2D eigenvalue weighted by atomic mass is 10.0. The number of fused-ring (bicyclic) bond motifs is 2. The van der Waals surface area contributed by atoms with Gasteiger partial charge in [0, 0.05) is 0 Å². The summed E-state index contributed by atoms with van der Waals surface area (Å²) in [4.78, 5) is 20.2. The SMILES string of the molecule is O=C1c2nc3ccccc3nc2C=CC1O. The van der Waals surface area contributed by atoms with E-state index in [1.54, 1.807) is 12.1 Å². The van der Waals surface area contributed by atoms with Gasteiger partial charge in [-0.1, -0.05) is 12.1 Å². The van der Waals surface area contributed by atoms with E-state index < -0.39 is 11.9 Å². The van der Waals surface area contributed by atoms with Crippen LogP contribution < -0.4 is 0 Å². The number of rotatable bonds is 0. The highest BCUT2D eigenvalue weighted by Crippen LogP contribution is 2.19. The van der Waals surface area contributed by atoms with Gasteiger partial charge >= 0.3 is 0 Å². The molecule has 1 aromatic carbocycles. The van der Waals surface area contributed by atoms with Crippen LogP contribution in [-0.4, -0.2) is 27.0 Å². The number of ketones is 1. The number of carbonyl (C=O) groups is 1. The van der Waals surface area contributed by atoms with Crippen LogP contribution in [0.4, 0.5) is 0 Å². The first-order valence-electron chi connectivity index (χ1n) is 4.93. The molecule has 3 rings (SSSR count). The monoisotopic (exact) mass is 212 g/mol. The Labute approximate surface area is 91.3 Å². The maximum Gasteiger partial charge on any atom is 0.215 e. The van der Waals surface area contributed by atoms with Crippen molar-refractivity contribution in [3.63, 3.8) is 0 Å². The predicted octanol–water partition coefficient (Wildman–Crippen LogP) is 1.20. The van der Waals surface area contributed by atoms with E-state index >= 15 is 0 Å². The number of aliphatic hydroxyl groups excluding tert-OH is 1. The van der Waals surface area contributed by atoms with E-state index in [1.165, 1.54) is 6.08 Å². The van der Waals surface area contributed by atoms with Crippen LogP contribution in [0.2, 0.25) is 0 Å². The van der Waals surface area contributed by atoms with Crippen LogP contribution in [0.3, 0.4) is 0 Å². The molecule has 0 radical (unpaired) electrons. The Balaban J connectivity index is 2.33. The van der Waals surface area contributed by atoms with Gasteiger partial charge in [0.05, 0.1) is 16.7 Å². The minimum Gasteiger partial charge on any atom is -0.381 e. The lowest BCUT2D eigenvalue weighted by molar-refractivity contribution is 0.0812. The quantitative estimate of drug-likeness (QED) is 0.712. The van der Waals surface area contributed by atoms with Gasteiger partial charge < -0.3 is 5.11 Å². The number of aliphatic hydroxyl groups is 1. The van der Waals surface area contributed by atoms with Crippen LogP contribution in [0.5, 0.6) is 0 Å². The topological polar surface area (TPSA) is 63.1 Å². The van der Waals surface area contributed by atoms with E-state index in [0.29, 0.717) is 11.2 Å². The summed E-state index contributed by atoms with van der Waals surface area (Å²) in [5, 5.41) is 9.39. The normalized spacial score (nSPS) is 18.8. The average molecular weight is 212 g/mol. The minimum absolute atomic E-state index is 0.244. The molecule has 2 aromatic rings. The van der Waals surface area contributed by atoms with Gasteiger partial charge in [-0.2, -0.15) is 0 Å². The maximum atomic E-state index is 11.7. The average Bonchev–Trinajstić information content (AvgIpc) is 2.32. The van der Waals surface area contributed by atoms with Crippen molar-refractivity contribution in [3.8, 4) is 0 Å². The van der Waals surface area contributed by atoms with E-state index in [4.69, 9.17) is 0 Å². The second-order valence-electron chi connectivity index (χ2n) is 3.61. The molecule has 1 heterocycles. The molecule has 0 amide bonds. The molecule has 0 aliphatic heterocycles. The number of carbonyl (C=O) groups excluding carboxylic acids is 1. The van der Waals surface area contributed by atoms with Crippen molar-refractivity contribution in [1.82, 2.24) is 9.97 Å². The Morgan fingerprint density at radius 1 is 1.12 bits per heavy atom. The third-order valence-corrected chi connectivity index (χ3v) is 2.54. The number of para-hydroxylation sites is 2. The predicted molar refractivity (Wildman–Crippen MR) is 58.9 cm³/mol. The standard InChI is InChI=1S/C12H8N2O2/c15-10-6-5-9-11(12(10)16)14-8-4-2-1-3-7(8)13-9/h1-6,10,15H. The van der Waals surface area contributed by atoms with Crippen molar-refractivity contribution in [2.45, 2.75) is 6.10 Å². The van der Waals surface area contributed by atoms with Crippen molar-refractivity contribution >= 4 is 22.9 Å². The van der Waals surface area contributed by atoms with Gasteiger partial charge in [0.2, 0.25) is 5.78 Å². The van der Waals surface area contributed by atoms with Crippen LogP contribution in [0.25, 0.3) is 17.1 Å². The van der Waals surface area contributed by atoms with Gasteiger partial charge in [0.25, 0.3) is 0 Å². The van der Waals surface area contributed by atoms with Crippen molar-refractivity contribution in [3.05, 3.63) is 41.7 Å². The Morgan fingerprint density at radius 2 is 1.81 bits per heavy atom. The first-order chi connectivity index (χ1) is 7.75. The third kappa shape index (κ3) is 1.24. The molecule has 0 saturated heterocycles. The Morgan fingerprint density at radius 3 is 2.56 bits per heavy atom. The summed E-state index contributed by atoms with van der Waals surface area (Å²) < 4.78 is 0. The van der Waals surface area contributed by atoms with Crippen molar-refractivity contribution in [1.29, 1.82) is 0 Å². The van der Waals surface area contributed by atoms with E-state index in [0.717, 1.165) is 5.52 Å². The number of aromatic nitrogens is 2. The molecule has 1 aliphatic rings. The summed E-state index contributed by atoms with van der Waals surface area (Å²) in [6.45, 7) is 0. The summed E-state index contributed by atoms with van der Waals surface area (Å²) in [5.41, 5.74) is 2.18. The highest BCUT2D eigenvalue weighted by Gasteiger charge is 2.24. The van der Waals surface area contributed by atoms with Crippen LogP contribution in [0.1, 0.15) is 16.2 Å². The molecule has 16 heavy (non-hydrogen) atoms. The maximum absolute atomic E-state index is 11.7. The second-order valence-corrected chi connectivity index (χ2v) is 3.61. The molecular formula is C12H8N2O2. The van der Waals surface area contributed by atoms with Crippen molar-refractivity contribution in [2.24, 2.45) is 0 Å². The molecule has 0 bridgehead atoms. The fraction of sp³-hybridized carbons (Fsp3) is 0.0833. The summed E-state index contributed by atoms with van der Waals surface area (Å²) in [6, 6.07) is 7.34. The largest absolute Gasteiger partial charge is 0.381 e. The first kappa shape index (κ1) is 9.18. The molecule has 1 atom stereocenters. The van der Waals surface area contributed by atoms with Crippen LogP contribution >= 0.6 is 0 Å². The Hall–Kier alpha value is -2.07. The van der Waals surface area contributed by atoms with Crippen LogP contribution in [0, 0.1) is 0 Å². The molecular weight excluding hydrogens is 204 g/mol. The number of nitrogens with zero attached hydrogens (tertiary/aromatic N) is 2.